The van der Waals surface area contributed by atoms with Crippen LogP contribution in [0.5, 0.6) is 0 Å². The molecular weight excluding hydrogens is 341 g/mol. The van der Waals surface area contributed by atoms with E-state index in [4.69, 9.17) is 0 Å². The Morgan fingerprint density at radius 3 is 2.56 bits per heavy atom. The van der Waals surface area contributed by atoms with Gasteiger partial charge in [0.2, 0.25) is 0 Å². The monoisotopic (exact) mass is 365 g/mol. The van der Waals surface area contributed by atoms with E-state index in [1.807, 2.05) is 16.9 Å². The molecule has 0 atom stereocenters. The summed E-state index contributed by atoms with van der Waals surface area (Å²) in [6, 6.07) is 1.94. The minimum atomic E-state index is 0. The first-order valence-corrected chi connectivity index (χ1v) is 6.28. The second-order valence-electron chi connectivity index (χ2n) is 3.90. The molecule has 18 heavy (non-hydrogen) atoms. The molecule has 0 amide bonds. The number of aryl methyl sites for hydroxylation is 1. The zero-order valence-corrected chi connectivity index (χ0v) is 13.6. The van der Waals surface area contributed by atoms with Crippen molar-refractivity contribution in [3.8, 4) is 0 Å². The van der Waals surface area contributed by atoms with Crippen molar-refractivity contribution in [2.24, 2.45) is 4.99 Å². The van der Waals surface area contributed by atoms with Gasteiger partial charge in [-0.2, -0.15) is 5.10 Å². The van der Waals surface area contributed by atoms with Gasteiger partial charge in [0.05, 0.1) is 0 Å². The lowest BCUT2D eigenvalue weighted by atomic mass is 10.3. The third kappa shape index (κ3) is 7.52. The van der Waals surface area contributed by atoms with Crippen molar-refractivity contribution in [3.05, 3.63) is 18.5 Å². The molecule has 0 spiro atoms. The Labute approximate surface area is 126 Å². The summed E-state index contributed by atoms with van der Waals surface area (Å²) in [6.45, 7) is 5.01. The average molecular weight is 365 g/mol. The SMILES string of the molecule is CCCCNC(=NC)NCCCn1cccn1.I. The molecule has 1 aromatic rings. The van der Waals surface area contributed by atoms with Crippen molar-refractivity contribution in [1.82, 2.24) is 20.4 Å². The Balaban J connectivity index is 0.00000289. The molecule has 104 valence electrons. The number of aliphatic imine (C=N–C) groups is 1. The summed E-state index contributed by atoms with van der Waals surface area (Å²) in [5, 5.41) is 10.7. The average Bonchev–Trinajstić information content (AvgIpc) is 2.85. The number of unbranched alkanes of at least 4 members (excludes halogenated alkanes) is 1. The Morgan fingerprint density at radius 1 is 1.28 bits per heavy atom. The molecule has 0 radical (unpaired) electrons. The normalized spacial score (nSPS) is 10.9. The molecule has 0 saturated heterocycles. The molecule has 0 saturated carbocycles. The summed E-state index contributed by atoms with van der Waals surface area (Å²) in [5.41, 5.74) is 0. The highest BCUT2D eigenvalue weighted by molar-refractivity contribution is 14.0. The zero-order chi connectivity index (χ0) is 12.3. The van der Waals surface area contributed by atoms with Crippen molar-refractivity contribution < 1.29 is 0 Å². The topological polar surface area (TPSA) is 54.2 Å². The molecule has 5 nitrogen and oxygen atoms in total. The molecule has 1 aromatic heterocycles. The lowest BCUT2D eigenvalue weighted by Crippen LogP contribution is -2.38. The molecule has 0 unspecified atom stereocenters. The summed E-state index contributed by atoms with van der Waals surface area (Å²) >= 11 is 0. The van der Waals surface area contributed by atoms with Crippen LogP contribution in [0.2, 0.25) is 0 Å². The van der Waals surface area contributed by atoms with Crippen LogP contribution >= 0.6 is 24.0 Å². The van der Waals surface area contributed by atoms with E-state index in [1.54, 1.807) is 13.2 Å². The fraction of sp³-hybridized carbons (Fsp3) is 0.667. The first-order chi connectivity index (χ1) is 8.36. The lowest BCUT2D eigenvalue weighted by molar-refractivity contribution is 0.570. The van der Waals surface area contributed by atoms with E-state index in [0.29, 0.717) is 0 Å². The fourth-order valence-corrected chi connectivity index (χ4v) is 1.48. The van der Waals surface area contributed by atoms with Crippen LogP contribution in [0.3, 0.4) is 0 Å². The number of rotatable bonds is 7. The van der Waals surface area contributed by atoms with Crippen molar-refractivity contribution in [1.29, 1.82) is 0 Å². The first-order valence-electron chi connectivity index (χ1n) is 6.28. The Hall–Kier alpha value is -0.790. The second kappa shape index (κ2) is 11.3. The summed E-state index contributed by atoms with van der Waals surface area (Å²) in [6.07, 6.45) is 7.19. The van der Waals surface area contributed by atoms with E-state index in [0.717, 1.165) is 32.0 Å². The number of hydrogen-bond acceptors (Lipinski definition) is 2. The van der Waals surface area contributed by atoms with Crippen LogP contribution in [-0.2, 0) is 6.54 Å². The van der Waals surface area contributed by atoms with Crippen molar-refractivity contribution in [3.63, 3.8) is 0 Å². The standard InChI is InChI=1S/C12H23N5.HI/c1-3-4-7-14-12(13-2)15-8-5-10-17-11-6-9-16-17;/h6,9,11H,3-5,7-8,10H2,1-2H3,(H2,13,14,15);1H. The maximum absolute atomic E-state index is 4.17. The van der Waals surface area contributed by atoms with E-state index in [2.05, 4.69) is 27.6 Å². The quantitative estimate of drug-likeness (QED) is 0.336. The Bertz CT molecular complexity index is 310. The molecule has 6 heteroatoms. The third-order valence-corrected chi connectivity index (χ3v) is 2.46. The van der Waals surface area contributed by atoms with Gasteiger partial charge in [0.15, 0.2) is 5.96 Å². The molecule has 0 bridgehead atoms. The molecule has 0 fully saturated rings. The van der Waals surface area contributed by atoms with Gasteiger partial charge in [0.1, 0.15) is 0 Å². The molecule has 0 aliphatic carbocycles. The summed E-state index contributed by atoms with van der Waals surface area (Å²) < 4.78 is 1.94. The molecular formula is C12H24IN5. The van der Waals surface area contributed by atoms with Crippen LogP contribution in [0.1, 0.15) is 26.2 Å². The van der Waals surface area contributed by atoms with Crippen LogP contribution in [0.25, 0.3) is 0 Å². The number of aromatic nitrogens is 2. The van der Waals surface area contributed by atoms with Gasteiger partial charge >= 0.3 is 0 Å². The largest absolute Gasteiger partial charge is 0.356 e. The maximum Gasteiger partial charge on any atom is 0.190 e. The number of guanidine groups is 1. The van der Waals surface area contributed by atoms with Crippen LogP contribution < -0.4 is 10.6 Å². The van der Waals surface area contributed by atoms with E-state index < -0.39 is 0 Å². The molecule has 2 N–H and O–H groups in total. The third-order valence-electron chi connectivity index (χ3n) is 2.46. The number of nitrogens with zero attached hydrogens (tertiary/aromatic N) is 3. The smallest absolute Gasteiger partial charge is 0.190 e. The highest BCUT2D eigenvalue weighted by Crippen LogP contribution is 1.88. The van der Waals surface area contributed by atoms with E-state index in [1.165, 1.54) is 12.8 Å². The first kappa shape index (κ1) is 17.2. The highest BCUT2D eigenvalue weighted by atomic mass is 127. The van der Waals surface area contributed by atoms with Crippen LogP contribution in [0.15, 0.2) is 23.5 Å². The van der Waals surface area contributed by atoms with Gasteiger partial charge in [-0.1, -0.05) is 13.3 Å². The number of hydrogen-bond donors (Lipinski definition) is 2. The minimum absolute atomic E-state index is 0. The van der Waals surface area contributed by atoms with E-state index >= 15 is 0 Å². The predicted octanol–water partition coefficient (Wildman–Crippen LogP) is 1.86. The summed E-state index contributed by atoms with van der Waals surface area (Å²) in [5.74, 6) is 0.888. The minimum Gasteiger partial charge on any atom is -0.356 e. The molecule has 0 aliphatic heterocycles. The molecule has 1 rings (SSSR count). The predicted molar refractivity (Wildman–Crippen MR) is 86.5 cm³/mol. The van der Waals surface area contributed by atoms with Gasteiger partial charge in [0.25, 0.3) is 0 Å². The van der Waals surface area contributed by atoms with Gasteiger partial charge in [-0.05, 0) is 18.9 Å². The lowest BCUT2D eigenvalue weighted by Gasteiger charge is -2.11. The van der Waals surface area contributed by atoms with Crippen molar-refractivity contribution >= 4 is 29.9 Å². The van der Waals surface area contributed by atoms with Crippen LogP contribution in [-0.4, -0.2) is 35.9 Å². The number of halogens is 1. The van der Waals surface area contributed by atoms with Gasteiger partial charge in [-0.3, -0.25) is 9.67 Å². The molecule has 0 aliphatic rings. The van der Waals surface area contributed by atoms with Crippen LogP contribution in [0.4, 0.5) is 0 Å². The van der Waals surface area contributed by atoms with Crippen molar-refractivity contribution in [2.45, 2.75) is 32.7 Å². The van der Waals surface area contributed by atoms with Gasteiger partial charge in [0, 0.05) is 39.1 Å². The summed E-state index contributed by atoms with van der Waals surface area (Å²) in [4.78, 5) is 4.17. The zero-order valence-electron chi connectivity index (χ0n) is 11.2. The highest BCUT2D eigenvalue weighted by Gasteiger charge is 1.96. The molecule has 1 heterocycles. The van der Waals surface area contributed by atoms with Gasteiger partial charge < -0.3 is 10.6 Å². The van der Waals surface area contributed by atoms with Crippen LogP contribution in [0, 0.1) is 0 Å². The number of nitrogens with one attached hydrogen (secondary N) is 2. The maximum atomic E-state index is 4.17. The van der Waals surface area contributed by atoms with Gasteiger partial charge in [-0.25, -0.2) is 0 Å². The van der Waals surface area contributed by atoms with E-state index in [9.17, 15) is 0 Å². The summed E-state index contributed by atoms with van der Waals surface area (Å²) in [7, 11) is 1.80. The van der Waals surface area contributed by atoms with E-state index in [-0.39, 0.29) is 24.0 Å². The molecule has 0 aromatic carbocycles. The Kier molecular flexibility index (Phi) is 10.8. The fourth-order valence-electron chi connectivity index (χ4n) is 1.48. The van der Waals surface area contributed by atoms with Gasteiger partial charge in [-0.15, -0.1) is 24.0 Å². The second-order valence-corrected chi connectivity index (χ2v) is 3.90. The van der Waals surface area contributed by atoms with Crippen molar-refractivity contribution in [2.75, 3.05) is 20.1 Å². The Morgan fingerprint density at radius 2 is 2.00 bits per heavy atom.